The van der Waals surface area contributed by atoms with Gasteiger partial charge in [0.2, 0.25) is 0 Å². The van der Waals surface area contributed by atoms with Crippen LogP contribution in [0.1, 0.15) is 18.4 Å². The number of thioether (sulfide) groups is 1. The van der Waals surface area contributed by atoms with Crippen LogP contribution >= 0.6 is 11.8 Å². The second-order valence-electron chi connectivity index (χ2n) is 7.21. The van der Waals surface area contributed by atoms with Crippen molar-refractivity contribution in [2.75, 3.05) is 25.9 Å². The van der Waals surface area contributed by atoms with Crippen LogP contribution in [-0.2, 0) is 16.0 Å². The minimum Gasteiger partial charge on any atom is -0.473 e. The van der Waals surface area contributed by atoms with Gasteiger partial charge in [0.25, 0.3) is 0 Å². The normalized spacial score (nSPS) is 10.5. The zero-order valence-electron chi connectivity index (χ0n) is 17.7. The third kappa shape index (κ3) is 9.68. The number of likely N-dealkylation sites (N-methyl/N-ethyl adjacent to an activating group) is 1. The Kier molecular flexibility index (Phi) is 10.6. The Morgan fingerprint density at radius 3 is 2.13 bits per heavy atom. The first-order chi connectivity index (χ1) is 15.0. The molecule has 0 aliphatic rings. The zero-order valence-corrected chi connectivity index (χ0v) is 18.6. The number of fused-ring (bicyclic) bond motifs is 1. The molecular weight excluding hydrogens is 410 g/mol. The summed E-state index contributed by atoms with van der Waals surface area (Å²) in [6.07, 6.45) is 3.68. The first-order valence-electron chi connectivity index (χ1n) is 10.3. The molecule has 0 spiro atoms. The van der Waals surface area contributed by atoms with Crippen LogP contribution in [0.2, 0.25) is 0 Å². The van der Waals surface area contributed by atoms with Gasteiger partial charge in [-0.15, -0.1) is 11.8 Å². The maximum absolute atomic E-state index is 9.10. The summed E-state index contributed by atoms with van der Waals surface area (Å²) >= 11 is 1.98. The van der Waals surface area contributed by atoms with Crippen LogP contribution in [0.15, 0.2) is 77.7 Å². The number of nitrogens with zero attached hydrogens (tertiary/aromatic N) is 1. The van der Waals surface area contributed by atoms with E-state index in [0.717, 1.165) is 13.0 Å². The molecule has 0 fully saturated rings. The van der Waals surface area contributed by atoms with Gasteiger partial charge in [-0.1, -0.05) is 60.7 Å². The van der Waals surface area contributed by atoms with Gasteiger partial charge in [-0.2, -0.15) is 0 Å². The molecule has 6 heteroatoms. The van der Waals surface area contributed by atoms with Gasteiger partial charge in [-0.3, -0.25) is 0 Å². The van der Waals surface area contributed by atoms with Gasteiger partial charge in [-0.25, -0.2) is 9.59 Å². The molecule has 0 radical (unpaired) electrons. The van der Waals surface area contributed by atoms with Crippen LogP contribution in [0.25, 0.3) is 10.8 Å². The van der Waals surface area contributed by atoms with Crippen molar-refractivity contribution in [2.45, 2.75) is 24.2 Å². The molecule has 3 rings (SSSR count). The highest BCUT2D eigenvalue weighted by atomic mass is 32.2. The molecule has 0 bridgehead atoms. The maximum Gasteiger partial charge on any atom is 0.414 e. The van der Waals surface area contributed by atoms with Gasteiger partial charge in [0.15, 0.2) is 0 Å². The molecular formula is C25H29NO4S. The van der Waals surface area contributed by atoms with E-state index in [1.165, 1.54) is 46.4 Å². The fourth-order valence-electron chi connectivity index (χ4n) is 3.01. The summed E-state index contributed by atoms with van der Waals surface area (Å²) in [5, 5.41) is 17.4. The van der Waals surface area contributed by atoms with Gasteiger partial charge < -0.3 is 15.1 Å². The first kappa shape index (κ1) is 24.4. The molecule has 5 nitrogen and oxygen atoms in total. The number of unbranched alkanes of at least 4 members (excludes halogenated alkanes) is 1. The number of hydrogen-bond acceptors (Lipinski definition) is 4. The summed E-state index contributed by atoms with van der Waals surface area (Å²) in [7, 11) is 2.24. The van der Waals surface area contributed by atoms with Crippen molar-refractivity contribution in [2.24, 2.45) is 0 Å². The molecule has 3 aromatic rings. The molecule has 31 heavy (non-hydrogen) atoms. The lowest BCUT2D eigenvalue weighted by Crippen LogP contribution is -2.22. The number of benzene rings is 3. The molecule has 2 N–H and O–H groups in total. The van der Waals surface area contributed by atoms with Crippen molar-refractivity contribution in [3.05, 3.63) is 78.4 Å². The Labute approximate surface area is 187 Å². The second kappa shape index (κ2) is 13.5. The molecule has 3 aromatic carbocycles. The Morgan fingerprint density at radius 1 is 0.806 bits per heavy atom. The molecule has 0 aliphatic heterocycles. The van der Waals surface area contributed by atoms with Crippen molar-refractivity contribution in [3.63, 3.8) is 0 Å². The molecule has 0 aromatic heterocycles. The van der Waals surface area contributed by atoms with E-state index in [9.17, 15) is 0 Å². The third-order valence-electron chi connectivity index (χ3n) is 4.73. The highest BCUT2D eigenvalue weighted by Gasteiger charge is 2.04. The first-order valence-corrected chi connectivity index (χ1v) is 11.2. The fourth-order valence-corrected chi connectivity index (χ4v) is 3.97. The van der Waals surface area contributed by atoms with Crippen molar-refractivity contribution in [1.82, 2.24) is 4.90 Å². The number of aliphatic carboxylic acids is 2. The number of rotatable bonds is 9. The summed E-state index contributed by atoms with van der Waals surface area (Å²) in [4.78, 5) is 22.0. The van der Waals surface area contributed by atoms with Crippen LogP contribution in [0.5, 0.6) is 0 Å². The standard InChI is InChI=1S/C23H27NS.C2H2O4/c1-24(17-15-20-9-3-2-4-10-20)16-7-8-18-25-23-14-13-21-11-5-6-12-22(21)19-23;3-1(4)2(5)6/h2-6,9-14,19H,7-8,15-18H2,1H3;(H,3,4)(H,5,6). The molecule has 0 aliphatic carbocycles. The molecule has 0 atom stereocenters. The van der Waals surface area contributed by atoms with Crippen molar-refractivity contribution in [3.8, 4) is 0 Å². The molecule has 0 heterocycles. The lowest BCUT2D eigenvalue weighted by molar-refractivity contribution is -0.159. The lowest BCUT2D eigenvalue weighted by atomic mass is 10.1. The molecule has 164 valence electrons. The Balaban J connectivity index is 0.000000501. The van der Waals surface area contributed by atoms with Gasteiger partial charge in [0.1, 0.15) is 0 Å². The monoisotopic (exact) mass is 439 g/mol. The van der Waals surface area contributed by atoms with Crippen molar-refractivity contribution in [1.29, 1.82) is 0 Å². The summed E-state index contributed by atoms with van der Waals surface area (Å²) in [6.45, 7) is 2.33. The van der Waals surface area contributed by atoms with Gasteiger partial charge in [0, 0.05) is 11.4 Å². The van der Waals surface area contributed by atoms with Gasteiger partial charge >= 0.3 is 11.9 Å². The number of carbonyl (C=O) groups is 2. The van der Waals surface area contributed by atoms with E-state index in [1.807, 2.05) is 11.8 Å². The maximum atomic E-state index is 9.10. The average molecular weight is 440 g/mol. The Hall–Kier alpha value is -2.83. The van der Waals surface area contributed by atoms with Crippen LogP contribution in [0.3, 0.4) is 0 Å². The molecule has 0 saturated heterocycles. The highest BCUT2D eigenvalue weighted by Crippen LogP contribution is 2.24. The Bertz CT molecular complexity index is 950. The van der Waals surface area contributed by atoms with Crippen LogP contribution < -0.4 is 0 Å². The minimum atomic E-state index is -1.82. The van der Waals surface area contributed by atoms with E-state index >= 15 is 0 Å². The largest absolute Gasteiger partial charge is 0.473 e. The van der Waals surface area contributed by atoms with E-state index in [2.05, 4.69) is 84.7 Å². The van der Waals surface area contributed by atoms with E-state index in [4.69, 9.17) is 19.8 Å². The minimum absolute atomic E-state index is 1.14. The zero-order chi connectivity index (χ0) is 22.5. The number of carboxylic acid groups (broad SMARTS) is 2. The predicted molar refractivity (Wildman–Crippen MR) is 127 cm³/mol. The molecule has 0 unspecified atom stereocenters. The van der Waals surface area contributed by atoms with E-state index in [1.54, 1.807) is 0 Å². The fraction of sp³-hybridized carbons (Fsp3) is 0.280. The number of carboxylic acids is 2. The summed E-state index contributed by atoms with van der Waals surface area (Å²) in [6, 6.07) is 26.1. The van der Waals surface area contributed by atoms with E-state index in [-0.39, 0.29) is 0 Å². The topological polar surface area (TPSA) is 77.8 Å². The van der Waals surface area contributed by atoms with Crippen LogP contribution in [-0.4, -0.2) is 52.9 Å². The quantitative estimate of drug-likeness (QED) is 0.276. The molecule has 0 amide bonds. The number of hydrogen-bond donors (Lipinski definition) is 2. The predicted octanol–water partition coefficient (Wildman–Crippen LogP) is 5.04. The van der Waals surface area contributed by atoms with E-state index < -0.39 is 11.9 Å². The van der Waals surface area contributed by atoms with Gasteiger partial charge in [0.05, 0.1) is 0 Å². The summed E-state index contributed by atoms with van der Waals surface area (Å²) in [5.74, 6) is -2.45. The van der Waals surface area contributed by atoms with Crippen molar-refractivity contribution >= 4 is 34.5 Å². The third-order valence-corrected chi connectivity index (χ3v) is 5.81. The highest BCUT2D eigenvalue weighted by molar-refractivity contribution is 7.99. The summed E-state index contributed by atoms with van der Waals surface area (Å²) < 4.78 is 0. The summed E-state index contributed by atoms with van der Waals surface area (Å²) in [5.41, 5.74) is 1.43. The molecule has 0 saturated carbocycles. The second-order valence-corrected chi connectivity index (χ2v) is 8.38. The Morgan fingerprint density at radius 2 is 1.45 bits per heavy atom. The van der Waals surface area contributed by atoms with E-state index in [0.29, 0.717) is 0 Å². The van der Waals surface area contributed by atoms with Gasteiger partial charge in [-0.05, 0) is 67.1 Å². The smallest absolute Gasteiger partial charge is 0.414 e. The van der Waals surface area contributed by atoms with Crippen LogP contribution in [0.4, 0.5) is 0 Å². The SMILES string of the molecule is CN(CCCCSc1ccc2ccccc2c1)CCc1ccccc1.O=C(O)C(=O)O. The van der Waals surface area contributed by atoms with Crippen LogP contribution in [0, 0.1) is 0 Å². The lowest BCUT2D eigenvalue weighted by Gasteiger charge is -2.16. The van der Waals surface area contributed by atoms with Crippen molar-refractivity contribution < 1.29 is 19.8 Å². The average Bonchev–Trinajstić information content (AvgIpc) is 2.78.